The topological polar surface area (TPSA) is 66.3 Å². The maximum Gasteiger partial charge on any atom is 0.363 e. The van der Waals surface area contributed by atoms with Crippen LogP contribution in [0.1, 0.15) is 18.1 Å². The summed E-state index contributed by atoms with van der Waals surface area (Å²) < 4.78 is 21.4. The van der Waals surface area contributed by atoms with Crippen LogP contribution in [0.5, 0.6) is 17.2 Å². The SMILES string of the molecule is C=C(C)COc1ccc(/C=C2\N=C(c3ccc(OC)cc3)OC2=O)cc1OC. The van der Waals surface area contributed by atoms with Crippen LogP contribution >= 0.6 is 0 Å². The first-order valence-electron chi connectivity index (χ1n) is 8.62. The minimum absolute atomic E-state index is 0.212. The molecule has 0 amide bonds. The molecule has 6 heteroatoms. The van der Waals surface area contributed by atoms with Gasteiger partial charge in [-0.2, -0.15) is 0 Å². The van der Waals surface area contributed by atoms with Gasteiger partial charge in [0.15, 0.2) is 17.2 Å². The number of rotatable bonds is 7. The average Bonchev–Trinajstić information content (AvgIpc) is 3.07. The summed E-state index contributed by atoms with van der Waals surface area (Å²) in [6.45, 7) is 6.10. The van der Waals surface area contributed by atoms with E-state index in [1.807, 2.05) is 13.0 Å². The largest absolute Gasteiger partial charge is 0.497 e. The number of ether oxygens (including phenoxy) is 4. The van der Waals surface area contributed by atoms with E-state index in [1.54, 1.807) is 56.7 Å². The van der Waals surface area contributed by atoms with Crippen molar-refractivity contribution in [1.82, 2.24) is 0 Å². The van der Waals surface area contributed by atoms with Crippen LogP contribution in [0.25, 0.3) is 6.08 Å². The molecule has 0 saturated carbocycles. The fourth-order valence-electron chi connectivity index (χ4n) is 2.52. The number of methoxy groups -OCH3 is 2. The molecule has 0 spiro atoms. The first kappa shape index (κ1) is 19.2. The summed E-state index contributed by atoms with van der Waals surface area (Å²) in [5.74, 6) is 1.62. The molecule has 0 radical (unpaired) electrons. The van der Waals surface area contributed by atoms with Gasteiger partial charge in [-0.05, 0) is 60.5 Å². The quantitative estimate of drug-likeness (QED) is 0.413. The van der Waals surface area contributed by atoms with E-state index in [-0.39, 0.29) is 11.6 Å². The predicted octanol–water partition coefficient (Wildman–Crippen LogP) is 4.00. The summed E-state index contributed by atoms with van der Waals surface area (Å²) >= 11 is 0. The van der Waals surface area contributed by atoms with Crippen molar-refractivity contribution in [1.29, 1.82) is 0 Å². The molecule has 0 aromatic heterocycles. The van der Waals surface area contributed by atoms with Gasteiger partial charge in [0.25, 0.3) is 0 Å². The molecule has 0 N–H and O–H groups in total. The number of esters is 1. The smallest absolute Gasteiger partial charge is 0.363 e. The lowest BCUT2D eigenvalue weighted by Crippen LogP contribution is -2.05. The zero-order chi connectivity index (χ0) is 20.1. The van der Waals surface area contributed by atoms with Crippen LogP contribution < -0.4 is 14.2 Å². The van der Waals surface area contributed by atoms with E-state index >= 15 is 0 Å². The Kier molecular flexibility index (Phi) is 5.79. The average molecular weight is 379 g/mol. The standard InChI is InChI=1S/C22H21NO5/c1-14(2)13-27-19-10-5-15(12-20(19)26-4)11-18-22(24)28-21(23-18)16-6-8-17(25-3)9-7-16/h5-12H,1,13H2,2-4H3/b18-11-. The Labute approximate surface area is 163 Å². The second-order valence-electron chi connectivity index (χ2n) is 6.22. The number of carbonyl (C=O) groups is 1. The summed E-state index contributed by atoms with van der Waals surface area (Å²) in [4.78, 5) is 16.5. The lowest BCUT2D eigenvalue weighted by Gasteiger charge is -2.11. The fourth-order valence-corrected chi connectivity index (χ4v) is 2.52. The monoisotopic (exact) mass is 379 g/mol. The Balaban J connectivity index is 1.84. The second kappa shape index (κ2) is 8.43. The van der Waals surface area contributed by atoms with Gasteiger partial charge in [-0.1, -0.05) is 12.6 Å². The Morgan fingerprint density at radius 3 is 2.50 bits per heavy atom. The Hall–Kier alpha value is -3.54. The molecule has 0 bridgehead atoms. The second-order valence-corrected chi connectivity index (χ2v) is 6.22. The number of carbonyl (C=O) groups excluding carboxylic acids is 1. The molecule has 0 unspecified atom stereocenters. The minimum Gasteiger partial charge on any atom is -0.497 e. The lowest BCUT2D eigenvalue weighted by atomic mass is 10.1. The molecule has 2 aromatic rings. The third kappa shape index (κ3) is 4.40. The molecule has 1 aliphatic rings. The fraction of sp³-hybridized carbons (Fsp3) is 0.182. The van der Waals surface area contributed by atoms with Crippen LogP contribution in [-0.4, -0.2) is 32.7 Å². The normalized spacial score (nSPS) is 14.5. The molecule has 0 atom stereocenters. The highest BCUT2D eigenvalue weighted by Crippen LogP contribution is 2.30. The summed E-state index contributed by atoms with van der Waals surface area (Å²) in [7, 11) is 3.15. The van der Waals surface area contributed by atoms with Gasteiger partial charge in [-0.3, -0.25) is 0 Å². The molecule has 1 heterocycles. The van der Waals surface area contributed by atoms with Gasteiger partial charge in [-0.15, -0.1) is 0 Å². The van der Waals surface area contributed by atoms with E-state index < -0.39 is 5.97 Å². The number of aliphatic imine (C=N–C) groups is 1. The molecular formula is C22H21NO5. The molecule has 28 heavy (non-hydrogen) atoms. The first-order chi connectivity index (χ1) is 13.5. The molecule has 3 rings (SSSR count). The zero-order valence-electron chi connectivity index (χ0n) is 16.0. The molecular weight excluding hydrogens is 358 g/mol. The van der Waals surface area contributed by atoms with Crippen molar-refractivity contribution in [2.24, 2.45) is 4.99 Å². The first-order valence-corrected chi connectivity index (χ1v) is 8.62. The highest BCUT2D eigenvalue weighted by molar-refractivity contribution is 6.12. The van der Waals surface area contributed by atoms with Crippen molar-refractivity contribution < 1.29 is 23.7 Å². The van der Waals surface area contributed by atoms with Crippen LogP contribution in [0.2, 0.25) is 0 Å². The maximum absolute atomic E-state index is 12.2. The van der Waals surface area contributed by atoms with E-state index in [4.69, 9.17) is 18.9 Å². The Morgan fingerprint density at radius 1 is 1.11 bits per heavy atom. The Morgan fingerprint density at radius 2 is 1.86 bits per heavy atom. The van der Waals surface area contributed by atoms with Crippen LogP contribution in [0.3, 0.4) is 0 Å². The van der Waals surface area contributed by atoms with Crippen LogP contribution in [0.4, 0.5) is 0 Å². The third-order valence-electron chi connectivity index (χ3n) is 3.92. The van der Waals surface area contributed by atoms with Gasteiger partial charge in [0, 0.05) is 5.56 Å². The molecule has 0 saturated heterocycles. The molecule has 1 aliphatic heterocycles. The van der Waals surface area contributed by atoms with Crippen molar-refractivity contribution in [2.45, 2.75) is 6.92 Å². The van der Waals surface area contributed by atoms with Crippen LogP contribution in [-0.2, 0) is 9.53 Å². The van der Waals surface area contributed by atoms with Crippen molar-refractivity contribution in [3.8, 4) is 17.2 Å². The van der Waals surface area contributed by atoms with Crippen molar-refractivity contribution in [3.63, 3.8) is 0 Å². The maximum atomic E-state index is 12.2. The van der Waals surface area contributed by atoms with E-state index in [0.29, 0.717) is 29.4 Å². The van der Waals surface area contributed by atoms with Crippen LogP contribution in [0, 0.1) is 0 Å². The van der Waals surface area contributed by atoms with Gasteiger partial charge < -0.3 is 18.9 Å². The van der Waals surface area contributed by atoms with Crippen molar-refractivity contribution >= 4 is 17.9 Å². The van der Waals surface area contributed by atoms with Gasteiger partial charge in [0.05, 0.1) is 14.2 Å². The number of benzene rings is 2. The van der Waals surface area contributed by atoms with E-state index in [2.05, 4.69) is 11.6 Å². The summed E-state index contributed by atoms with van der Waals surface area (Å²) in [5.41, 5.74) is 2.55. The molecule has 6 nitrogen and oxygen atoms in total. The van der Waals surface area contributed by atoms with Crippen molar-refractivity contribution in [3.05, 3.63) is 71.4 Å². The molecule has 0 aliphatic carbocycles. The number of hydrogen-bond donors (Lipinski definition) is 0. The van der Waals surface area contributed by atoms with E-state index in [9.17, 15) is 4.79 Å². The summed E-state index contributed by atoms with van der Waals surface area (Å²) in [6.07, 6.45) is 1.64. The lowest BCUT2D eigenvalue weighted by molar-refractivity contribution is -0.129. The molecule has 0 fully saturated rings. The Bertz CT molecular complexity index is 957. The third-order valence-corrected chi connectivity index (χ3v) is 3.92. The highest BCUT2D eigenvalue weighted by Gasteiger charge is 2.24. The van der Waals surface area contributed by atoms with Gasteiger partial charge in [-0.25, -0.2) is 9.79 Å². The van der Waals surface area contributed by atoms with Crippen LogP contribution in [0.15, 0.2) is 65.3 Å². The molecule has 144 valence electrons. The number of hydrogen-bond acceptors (Lipinski definition) is 6. The van der Waals surface area contributed by atoms with E-state index in [0.717, 1.165) is 11.1 Å². The molecule has 2 aromatic carbocycles. The number of nitrogens with zero attached hydrogens (tertiary/aromatic N) is 1. The van der Waals surface area contributed by atoms with Crippen molar-refractivity contribution in [2.75, 3.05) is 20.8 Å². The van der Waals surface area contributed by atoms with E-state index in [1.165, 1.54) is 0 Å². The van der Waals surface area contributed by atoms with Gasteiger partial charge >= 0.3 is 5.97 Å². The zero-order valence-corrected chi connectivity index (χ0v) is 16.0. The van der Waals surface area contributed by atoms with Gasteiger partial charge in [0.2, 0.25) is 5.90 Å². The summed E-state index contributed by atoms with van der Waals surface area (Å²) in [5, 5.41) is 0. The highest BCUT2D eigenvalue weighted by atomic mass is 16.6. The van der Waals surface area contributed by atoms with Gasteiger partial charge in [0.1, 0.15) is 12.4 Å². The predicted molar refractivity (Wildman–Crippen MR) is 107 cm³/mol. The minimum atomic E-state index is -0.507. The number of cyclic esters (lactones) is 1. The summed E-state index contributed by atoms with van der Waals surface area (Å²) in [6, 6.07) is 12.5.